The van der Waals surface area contributed by atoms with Crippen molar-refractivity contribution in [2.24, 2.45) is 0 Å². The Morgan fingerprint density at radius 1 is 1.04 bits per heavy atom. The molecule has 0 fully saturated rings. The zero-order valence-corrected chi connectivity index (χ0v) is 15.2. The first-order chi connectivity index (χ1) is 12.1. The fourth-order valence-corrected chi connectivity index (χ4v) is 4.28. The van der Waals surface area contributed by atoms with Gasteiger partial charge in [-0.05, 0) is 36.4 Å². The van der Waals surface area contributed by atoms with E-state index in [0.29, 0.717) is 23.5 Å². The smallest absolute Gasteiger partial charge is 0.225 e. The number of anilines is 2. The van der Waals surface area contributed by atoms with E-state index in [0.717, 1.165) is 14.6 Å². The maximum absolute atomic E-state index is 12.0. The minimum atomic E-state index is -0.122. The monoisotopic (exact) mass is 371 g/mol. The highest BCUT2D eigenvalue weighted by atomic mass is 32.2. The lowest BCUT2D eigenvalue weighted by Crippen LogP contribution is -2.12. The molecule has 2 amide bonds. The largest absolute Gasteiger partial charge is 0.326 e. The summed E-state index contributed by atoms with van der Waals surface area (Å²) < 4.78 is 2.14. The van der Waals surface area contributed by atoms with Crippen molar-refractivity contribution in [1.82, 2.24) is 4.98 Å². The van der Waals surface area contributed by atoms with Crippen molar-refractivity contribution < 1.29 is 9.59 Å². The molecular weight excluding hydrogens is 354 g/mol. The van der Waals surface area contributed by atoms with Crippen LogP contribution in [-0.2, 0) is 9.59 Å². The Hall–Kier alpha value is -2.38. The first-order valence-electron chi connectivity index (χ1n) is 7.76. The quantitative estimate of drug-likeness (QED) is 0.631. The number of thioether (sulfide) groups is 1. The number of carbonyl (C=O) groups excluding carboxylic acids is 2. The molecule has 7 heteroatoms. The summed E-state index contributed by atoms with van der Waals surface area (Å²) in [5, 5.41) is 5.54. The summed E-state index contributed by atoms with van der Waals surface area (Å²) in [4.78, 5) is 27.5. The second kappa shape index (κ2) is 8.13. The average Bonchev–Trinajstić information content (AvgIpc) is 2.99. The van der Waals surface area contributed by atoms with E-state index >= 15 is 0 Å². The minimum Gasteiger partial charge on any atom is -0.326 e. The predicted octanol–water partition coefficient (Wildman–Crippen LogP) is 4.38. The molecule has 3 aromatic rings. The van der Waals surface area contributed by atoms with E-state index in [-0.39, 0.29) is 11.8 Å². The molecule has 1 heterocycles. The number of fused-ring (bicyclic) bond motifs is 1. The van der Waals surface area contributed by atoms with Gasteiger partial charge in [-0.2, -0.15) is 0 Å². The van der Waals surface area contributed by atoms with E-state index in [2.05, 4.69) is 15.6 Å². The van der Waals surface area contributed by atoms with E-state index in [1.807, 2.05) is 24.3 Å². The van der Waals surface area contributed by atoms with Gasteiger partial charge in [0, 0.05) is 30.5 Å². The van der Waals surface area contributed by atoms with E-state index in [9.17, 15) is 9.59 Å². The number of nitrogens with zero attached hydrogens (tertiary/aromatic N) is 1. The van der Waals surface area contributed by atoms with Crippen molar-refractivity contribution in [3.05, 3.63) is 48.5 Å². The van der Waals surface area contributed by atoms with Crippen molar-refractivity contribution >= 4 is 56.5 Å². The van der Waals surface area contributed by atoms with Crippen LogP contribution in [0.5, 0.6) is 0 Å². The van der Waals surface area contributed by atoms with E-state index in [1.54, 1.807) is 47.4 Å². The van der Waals surface area contributed by atoms with E-state index < -0.39 is 0 Å². The summed E-state index contributed by atoms with van der Waals surface area (Å²) in [7, 11) is 0. The number of rotatable bonds is 6. The third-order valence-electron chi connectivity index (χ3n) is 3.32. The van der Waals surface area contributed by atoms with E-state index in [1.165, 1.54) is 6.92 Å². The average molecular weight is 371 g/mol. The summed E-state index contributed by atoms with van der Waals surface area (Å²) >= 11 is 3.24. The molecule has 0 saturated carbocycles. The molecule has 0 aliphatic rings. The van der Waals surface area contributed by atoms with Crippen molar-refractivity contribution in [2.75, 3.05) is 16.4 Å². The molecule has 2 aromatic carbocycles. The van der Waals surface area contributed by atoms with Gasteiger partial charge in [0.05, 0.1) is 10.2 Å². The zero-order valence-electron chi connectivity index (χ0n) is 13.6. The lowest BCUT2D eigenvalue weighted by molar-refractivity contribution is -0.116. The summed E-state index contributed by atoms with van der Waals surface area (Å²) in [5.74, 6) is 0.514. The van der Waals surface area contributed by atoms with E-state index in [4.69, 9.17) is 0 Å². The fraction of sp³-hybridized carbons (Fsp3) is 0.167. The number of hydrogen-bond donors (Lipinski definition) is 2. The number of amides is 2. The Balaban J connectivity index is 1.46. The molecule has 0 spiro atoms. The summed E-state index contributed by atoms with van der Waals surface area (Å²) in [6.07, 6.45) is 0.411. The molecule has 128 valence electrons. The van der Waals surface area contributed by atoms with Crippen LogP contribution in [0.4, 0.5) is 11.4 Å². The van der Waals surface area contributed by atoms with Crippen LogP contribution in [0.25, 0.3) is 10.2 Å². The van der Waals surface area contributed by atoms with Gasteiger partial charge in [-0.15, -0.1) is 11.3 Å². The van der Waals surface area contributed by atoms with Crippen LogP contribution < -0.4 is 10.6 Å². The molecule has 25 heavy (non-hydrogen) atoms. The van der Waals surface area contributed by atoms with Gasteiger partial charge in [-0.25, -0.2) is 4.98 Å². The first-order valence-corrected chi connectivity index (χ1v) is 9.56. The lowest BCUT2D eigenvalue weighted by atomic mass is 10.2. The Kier molecular flexibility index (Phi) is 5.67. The van der Waals surface area contributed by atoms with Gasteiger partial charge in [-0.3, -0.25) is 9.59 Å². The number of thiazole rings is 1. The molecule has 5 nitrogen and oxygen atoms in total. The third-order valence-corrected chi connectivity index (χ3v) is 5.50. The Morgan fingerprint density at radius 3 is 2.40 bits per heavy atom. The van der Waals surface area contributed by atoms with Gasteiger partial charge < -0.3 is 10.6 Å². The van der Waals surface area contributed by atoms with Gasteiger partial charge >= 0.3 is 0 Å². The highest BCUT2D eigenvalue weighted by molar-refractivity contribution is 8.01. The van der Waals surface area contributed by atoms with Crippen molar-refractivity contribution in [1.29, 1.82) is 0 Å². The van der Waals surface area contributed by atoms with Crippen LogP contribution in [0.3, 0.4) is 0 Å². The van der Waals surface area contributed by atoms with Crippen molar-refractivity contribution in [2.45, 2.75) is 17.7 Å². The zero-order chi connectivity index (χ0) is 17.6. The Bertz CT molecular complexity index is 858. The van der Waals surface area contributed by atoms with Gasteiger partial charge in [-0.1, -0.05) is 23.9 Å². The highest BCUT2D eigenvalue weighted by Crippen LogP contribution is 2.29. The molecule has 3 rings (SSSR count). The van der Waals surface area contributed by atoms with Crippen LogP contribution in [-0.4, -0.2) is 22.6 Å². The summed E-state index contributed by atoms with van der Waals surface area (Å²) in [5.41, 5.74) is 2.42. The molecule has 0 atom stereocenters. The van der Waals surface area contributed by atoms with Crippen molar-refractivity contribution in [3.8, 4) is 0 Å². The predicted molar refractivity (Wildman–Crippen MR) is 104 cm³/mol. The number of carbonyl (C=O) groups is 2. The number of para-hydroxylation sites is 1. The summed E-state index contributed by atoms with van der Waals surface area (Å²) in [6, 6.07) is 15.1. The SMILES string of the molecule is CC(=O)Nc1ccc(NC(=O)CCSc2nc3ccccc3s2)cc1. The van der Waals surface area contributed by atoms with Crippen molar-refractivity contribution in [3.63, 3.8) is 0 Å². The normalized spacial score (nSPS) is 10.6. The second-order valence-electron chi connectivity index (χ2n) is 5.35. The molecule has 0 aliphatic heterocycles. The topological polar surface area (TPSA) is 71.1 Å². The first kappa shape index (κ1) is 17.4. The third kappa shape index (κ3) is 5.04. The van der Waals surface area contributed by atoms with Crippen LogP contribution in [0.1, 0.15) is 13.3 Å². The molecular formula is C18H17N3O2S2. The highest BCUT2D eigenvalue weighted by Gasteiger charge is 2.07. The molecule has 0 saturated heterocycles. The van der Waals surface area contributed by atoms with Crippen LogP contribution in [0.2, 0.25) is 0 Å². The molecule has 2 N–H and O–H groups in total. The lowest BCUT2D eigenvalue weighted by Gasteiger charge is -2.06. The number of hydrogen-bond acceptors (Lipinski definition) is 5. The van der Waals surface area contributed by atoms with Gasteiger partial charge in [0.1, 0.15) is 0 Å². The van der Waals surface area contributed by atoms with Gasteiger partial charge in [0.2, 0.25) is 11.8 Å². The number of aromatic nitrogens is 1. The van der Waals surface area contributed by atoms with Crippen LogP contribution in [0.15, 0.2) is 52.9 Å². The Morgan fingerprint density at radius 2 is 1.72 bits per heavy atom. The molecule has 0 bridgehead atoms. The fourth-order valence-electron chi connectivity index (χ4n) is 2.21. The molecule has 0 unspecified atom stereocenters. The standard InChI is InChI=1S/C18H17N3O2S2/c1-12(22)19-13-6-8-14(9-7-13)20-17(23)10-11-24-18-21-15-4-2-3-5-16(15)25-18/h2-9H,10-11H2,1H3,(H,19,22)(H,20,23). The second-order valence-corrected chi connectivity index (χ2v) is 7.73. The van der Waals surface area contributed by atoms with Crippen LogP contribution in [0, 0.1) is 0 Å². The molecule has 0 aliphatic carbocycles. The maximum atomic E-state index is 12.0. The Labute approximate surface area is 153 Å². The summed E-state index contributed by atoms with van der Waals surface area (Å²) in [6.45, 7) is 1.46. The van der Waals surface area contributed by atoms with Gasteiger partial charge in [0.15, 0.2) is 4.34 Å². The van der Waals surface area contributed by atoms with Crippen LogP contribution >= 0.6 is 23.1 Å². The number of benzene rings is 2. The molecule has 0 radical (unpaired) electrons. The maximum Gasteiger partial charge on any atom is 0.225 e. The number of nitrogens with one attached hydrogen (secondary N) is 2. The van der Waals surface area contributed by atoms with Gasteiger partial charge in [0.25, 0.3) is 0 Å². The molecule has 1 aromatic heterocycles. The minimum absolute atomic E-state index is 0.0408.